The molecule has 3 rings (SSSR count). The Morgan fingerprint density at radius 1 is 1.19 bits per heavy atom. The molecule has 0 aliphatic carbocycles. The van der Waals surface area contributed by atoms with E-state index in [2.05, 4.69) is 27.7 Å². The smallest absolute Gasteiger partial charge is 0.223 e. The Hall–Kier alpha value is -2.38. The quantitative estimate of drug-likeness (QED) is 0.486. The predicted octanol–water partition coefficient (Wildman–Crippen LogP) is 7.20. The van der Waals surface area contributed by atoms with Crippen LogP contribution in [0.2, 0.25) is 5.02 Å². The molecule has 0 radical (unpaired) electrons. The summed E-state index contributed by atoms with van der Waals surface area (Å²) in [4.78, 5) is 13.6. The molecule has 174 valence electrons. The summed E-state index contributed by atoms with van der Waals surface area (Å²) in [5, 5.41) is 9.00. The molecule has 1 fully saturated rings. The molecule has 2 atom stereocenters. The van der Waals surface area contributed by atoms with Crippen LogP contribution < -0.4 is 0 Å². The number of rotatable bonds is 4. The first-order valence-electron chi connectivity index (χ1n) is 11.3. The molecule has 1 heterocycles. The van der Waals surface area contributed by atoms with Gasteiger partial charge in [-0.25, -0.2) is 4.39 Å². The van der Waals surface area contributed by atoms with Gasteiger partial charge in [-0.15, -0.1) is 0 Å². The standard InChI is InChI=1S/C11H21NO.C8H6ClN.C8H9F/c1-5-9(4)10-6-11(13)12(7-10)8(2)3;1-6-2-3-7(5-10)8(9)4-6;1-2-7-5-3-4-6-8(7)9/h8-10H,5-7H2,1-4H3;2-4H,1H3;3-6H,2H2,1H3. The van der Waals surface area contributed by atoms with Crippen LogP contribution in [0, 0.1) is 35.9 Å². The van der Waals surface area contributed by atoms with Gasteiger partial charge in [0.2, 0.25) is 5.91 Å². The number of halogens is 2. The number of aryl methyl sites for hydroxylation is 2. The van der Waals surface area contributed by atoms with Crippen LogP contribution >= 0.6 is 11.6 Å². The third-order valence-corrected chi connectivity index (χ3v) is 6.16. The molecule has 0 bridgehead atoms. The van der Waals surface area contributed by atoms with E-state index in [0.717, 1.165) is 30.5 Å². The number of nitrogens with zero attached hydrogens (tertiary/aromatic N) is 2. The zero-order chi connectivity index (χ0) is 24.3. The van der Waals surface area contributed by atoms with E-state index in [4.69, 9.17) is 16.9 Å². The van der Waals surface area contributed by atoms with E-state index in [9.17, 15) is 9.18 Å². The molecule has 1 saturated heterocycles. The number of benzene rings is 2. The fourth-order valence-corrected chi connectivity index (χ4v) is 3.75. The highest BCUT2D eigenvalue weighted by Crippen LogP contribution is 2.28. The first kappa shape index (κ1) is 27.7. The molecule has 1 aliphatic rings. The van der Waals surface area contributed by atoms with E-state index in [1.54, 1.807) is 24.3 Å². The van der Waals surface area contributed by atoms with Gasteiger partial charge in [0.15, 0.2) is 0 Å². The van der Waals surface area contributed by atoms with Crippen LogP contribution in [0.4, 0.5) is 4.39 Å². The minimum Gasteiger partial charge on any atom is -0.340 e. The summed E-state index contributed by atoms with van der Waals surface area (Å²) in [6.45, 7) is 13.5. The largest absolute Gasteiger partial charge is 0.340 e. The van der Waals surface area contributed by atoms with Gasteiger partial charge in [-0.05, 0) is 68.4 Å². The maximum Gasteiger partial charge on any atom is 0.223 e. The normalized spacial score (nSPS) is 15.9. The van der Waals surface area contributed by atoms with Crippen molar-refractivity contribution in [2.75, 3.05) is 6.54 Å². The topological polar surface area (TPSA) is 44.1 Å². The third-order valence-electron chi connectivity index (χ3n) is 5.84. The van der Waals surface area contributed by atoms with Crippen LogP contribution in [-0.4, -0.2) is 23.4 Å². The SMILES string of the molecule is CCC(C)C1CC(=O)N(C(C)C)C1.CCc1ccccc1F.Cc1ccc(C#N)c(Cl)c1. The lowest BCUT2D eigenvalue weighted by molar-refractivity contribution is -0.129. The molecule has 1 aliphatic heterocycles. The highest BCUT2D eigenvalue weighted by molar-refractivity contribution is 6.31. The highest BCUT2D eigenvalue weighted by Gasteiger charge is 2.33. The summed E-state index contributed by atoms with van der Waals surface area (Å²) >= 11 is 5.71. The fourth-order valence-electron chi connectivity index (χ4n) is 3.47. The first-order chi connectivity index (χ1) is 15.1. The molecular weight excluding hydrogens is 423 g/mol. The molecular formula is C27H36ClFN2O. The van der Waals surface area contributed by atoms with Crippen LogP contribution in [0.25, 0.3) is 0 Å². The van der Waals surface area contributed by atoms with Crippen LogP contribution in [0.1, 0.15) is 64.2 Å². The van der Waals surface area contributed by atoms with Gasteiger partial charge in [-0.2, -0.15) is 5.26 Å². The van der Waals surface area contributed by atoms with Crippen molar-refractivity contribution >= 4 is 17.5 Å². The van der Waals surface area contributed by atoms with Crippen molar-refractivity contribution < 1.29 is 9.18 Å². The Bertz CT molecular complexity index is 907. The Balaban J connectivity index is 0.000000245. The van der Waals surface area contributed by atoms with E-state index in [0.29, 0.717) is 34.4 Å². The summed E-state index contributed by atoms with van der Waals surface area (Å²) in [5.41, 5.74) is 2.40. The molecule has 5 heteroatoms. The van der Waals surface area contributed by atoms with E-state index < -0.39 is 0 Å². The van der Waals surface area contributed by atoms with E-state index in [-0.39, 0.29) is 5.82 Å². The summed E-state index contributed by atoms with van der Waals surface area (Å²) in [6, 6.07) is 14.6. The molecule has 2 unspecified atom stereocenters. The zero-order valence-electron chi connectivity index (χ0n) is 20.2. The molecule has 0 spiro atoms. The number of amides is 1. The Morgan fingerprint density at radius 2 is 1.84 bits per heavy atom. The molecule has 0 N–H and O–H groups in total. The van der Waals surface area contributed by atoms with Gasteiger partial charge in [0.1, 0.15) is 11.9 Å². The average molecular weight is 459 g/mol. The third kappa shape index (κ3) is 8.63. The number of carbonyl (C=O) groups is 1. The first-order valence-corrected chi connectivity index (χ1v) is 11.7. The van der Waals surface area contributed by atoms with Crippen LogP contribution in [0.15, 0.2) is 42.5 Å². The molecule has 2 aromatic carbocycles. The molecule has 2 aromatic rings. The van der Waals surface area contributed by atoms with Crippen molar-refractivity contribution in [3.63, 3.8) is 0 Å². The van der Waals surface area contributed by atoms with Crippen molar-refractivity contribution in [1.29, 1.82) is 5.26 Å². The van der Waals surface area contributed by atoms with Crippen molar-refractivity contribution in [3.05, 3.63) is 70.0 Å². The van der Waals surface area contributed by atoms with Gasteiger partial charge < -0.3 is 4.90 Å². The lowest BCUT2D eigenvalue weighted by Crippen LogP contribution is -2.32. The molecule has 32 heavy (non-hydrogen) atoms. The average Bonchev–Trinajstić information content (AvgIpc) is 3.16. The molecule has 0 aromatic heterocycles. The van der Waals surface area contributed by atoms with Gasteiger partial charge in [0, 0.05) is 19.0 Å². The second kappa shape index (κ2) is 13.9. The number of hydrogen-bond acceptors (Lipinski definition) is 2. The van der Waals surface area contributed by atoms with Crippen molar-refractivity contribution in [2.45, 2.75) is 66.8 Å². The number of nitriles is 1. The zero-order valence-corrected chi connectivity index (χ0v) is 20.9. The second-order valence-corrected chi connectivity index (χ2v) is 8.94. The van der Waals surface area contributed by atoms with Crippen LogP contribution in [-0.2, 0) is 11.2 Å². The second-order valence-electron chi connectivity index (χ2n) is 8.53. The lowest BCUT2D eigenvalue weighted by Gasteiger charge is -2.22. The van der Waals surface area contributed by atoms with Crippen molar-refractivity contribution in [2.24, 2.45) is 11.8 Å². The molecule has 0 saturated carbocycles. The van der Waals surface area contributed by atoms with Gasteiger partial charge in [0.05, 0.1) is 10.6 Å². The summed E-state index contributed by atoms with van der Waals surface area (Å²) < 4.78 is 12.6. The van der Waals surface area contributed by atoms with E-state index in [1.165, 1.54) is 12.5 Å². The van der Waals surface area contributed by atoms with Gasteiger partial charge in [-0.3, -0.25) is 4.79 Å². The molecule has 1 amide bonds. The Labute approximate surface area is 198 Å². The minimum atomic E-state index is -0.0972. The van der Waals surface area contributed by atoms with Gasteiger partial charge >= 0.3 is 0 Å². The Kier molecular flexibility index (Phi) is 12.0. The minimum absolute atomic E-state index is 0.0972. The monoisotopic (exact) mass is 458 g/mol. The van der Waals surface area contributed by atoms with Crippen molar-refractivity contribution in [1.82, 2.24) is 4.90 Å². The van der Waals surface area contributed by atoms with Crippen LogP contribution in [0.5, 0.6) is 0 Å². The predicted molar refractivity (Wildman–Crippen MR) is 131 cm³/mol. The Morgan fingerprint density at radius 3 is 2.28 bits per heavy atom. The number of carbonyl (C=O) groups excluding carboxylic acids is 1. The number of hydrogen-bond donors (Lipinski definition) is 0. The maximum absolute atomic E-state index is 12.6. The summed E-state index contributed by atoms with van der Waals surface area (Å²) in [6.07, 6.45) is 2.73. The van der Waals surface area contributed by atoms with Crippen LogP contribution in [0.3, 0.4) is 0 Å². The summed E-state index contributed by atoms with van der Waals surface area (Å²) in [7, 11) is 0. The van der Waals surface area contributed by atoms with E-state index in [1.807, 2.05) is 36.9 Å². The number of likely N-dealkylation sites (tertiary alicyclic amines) is 1. The fraction of sp³-hybridized carbons (Fsp3) is 0.481. The van der Waals surface area contributed by atoms with Gasteiger partial charge in [0.25, 0.3) is 0 Å². The summed E-state index contributed by atoms with van der Waals surface area (Å²) in [5.74, 6) is 1.54. The molecule has 3 nitrogen and oxygen atoms in total. The van der Waals surface area contributed by atoms with Crippen molar-refractivity contribution in [3.8, 4) is 6.07 Å². The van der Waals surface area contributed by atoms with Gasteiger partial charge in [-0.1, -0.05) is 63.1 Å². The maximum atomic E-state index is 12.6. The van der Waals surface area contributed by atoms with E-state index >= 15 is 0 Å². The highest BCUT2D eigenvalue weighted by atomic mass is 35.5. The lowest BCUT2D eigenvalue weighted by atomic mass is 9.91.